The number of rotatable bonds is 4. The second-order valence-corrected chi connectivity index (χ2v) is 7.80. The summed E-state index contributed by atoms with van der Waals surface area (Å²) in [6.45, 7) is 5.44. The number of hydrogen-bond donors (Lipinski definition) is 0. The van der Waals surface area contributed by atoms with Crippen molar-refractivity contribution in [3.63, 3.8) is 0 Å². The first-order chi connectivity index (χ1) is 10.9. The van der Waals surface area contributed by atoms with Crippen LogP contribution in [0.15, 0.2) is 24.3 Å². The smallest absolute Gasteiger partial charge is 0.444 e. The molecule has 0 aliphatic heterocycles. The van der Waals surface area contributed by atoms with Gasteiger partial charge in [0.2, 0.25) is 0 Å². The van der Waals surface area contributed by atoms with E-state index in [2.05, 4.69) is 20.7 Å². The standard InChI is InChI=1S/C16H19BrF3NO3/c1-15(2,3)24-14(22)21(13-8-12(13)17)9-10-5-4-6-11(7-10)23-16(18,19)20/h4-7,12-13H,8-9H2,1-3H3. The van der Waals surface area contributed by atoms with E-state index in [4.69, 9.17) is 4.74 Å². The van der Waals surface area contributed by atoms with Gasteiger partial charge in [0, 0.05) is 17.4 Å². The second-order valence-electron chi connectivity index (χ2n) is 6.62. The number of alkyl halides is 4. The highest BCUT2D eigenvalue weighted by Crippen LogP contribution is 2.37. The van der Waals surface area contributed by atoms with Crippen LogP contribution < -0.4 is 4.74 Å². The third kappa shape index (κ3) is 5.89. The van der Waals surface area contributed by atoms with Gasteiger partial charge in [0.05, 0.1) is 0 Å². The fraction of sp³-hybridized carbons (Fsp3) is 0.562. The van der Waals surface area contributed by atoms with Gasteiger partial charge >= 0.3 is 12.5 Å². The van der Waals surface area contributed by atoms with Gasteiger partial charge in [-0.25, -0.2) is 4.79 Å². The topological polar surface area (TPSA) is 38.8 Å². The van der Waals surface area contributed by atoms with Crippen LogP contribution in [0.1, 0.15) is 32.8 Å². The molecule has 1 saturated carbocycles. The molecule has 2 rings (SSSR count). The summed E-state index contributed by atoms with van der Waals surface area (Å²) in [4.78, 5) is 14.1. The highest BCUT2D eigenvalue weighted by atomic mass is 79.9. The summed E-state index contributed by atoms with van der Waals surface area (Å²) in [5, 5.41) is 0. The molecular formula is C16H19BrF3NO3. The molecule has 0 saturated heterocycles. The highest BCUT2D eigenvalue weighted by Gasteiger charge is 2.43. The molecule has 1 aliphatic carbocycles. The lowest BCUT2D eigenvalue weighted by Crippen LogP contribution is -2.38. The average molecular weight is 410 g/mol. The van der Waals surface area contributed by atoms with Gasteiger partial charge in [-0.1, -0.05) is 28.1 Å². The monoisotopic (exact) mass is 409 g/mol. The average Bonchev–Trinajstić information content (AvgIpc) is 3.09. The van der Waals surface area contributed by atoms with Gasteiger partial charge in [-0.15, -0.1) is 13.2 Å². The summed E-state index contributed by atoms with van der Waals surface area (Å²) in [6, 6.07) is 5.57. The molecule has 4 nitrogen and oxygen atoms in total. The van der Waals surface area contributed by atoms with Crippen molar-refractivity contribution >= 4 is 22.0 Å². The Bertz CT molecular complexity index is 601. The first-order valence-corrected chi connectivity index (χ1v) is 8.34. The molecule has 1 aromatic carbocycles. The zero-order valence-electron chi connectivity index (χ0n) is 13.6. The quantitative estimate of drug-likeness (QED) is 0.666. The minimum Gasteiger partial charge on any atom is -0.444 e. The zero-order valence-corrected chi connectivity index (χ0v) is 15.1. The molecule has 8 heteroatoms. The molecule has 0 bridgehead atoms. The van der Waals surface area contributed by atoms with Gasteiger partial charge in [0.25, 0.3) is 0 Å². The van der Waals surface area contributed by atoms with Gasteiger partial charge in [-0.2, -0.15) is 0 Å². The molecule has 0 heterocycles. The number of ether oxygens (including phenoxy) is 2. The normalized spacial score (nSPS) is 20.5. The summed E-state index contributed by atoms with van der Waals surface area (Å²) in [5.41, 5.74) is -0.109. The number of carbonyl (C=O) groups is 1. The Balaban J connectivity index is 2.12. The van der Waals surface area contributed by atoms with Crippen molar-refractivity contribution in [2.45, 2.75) is 56.6 Å². The van der Waals surface area contributed by atoms with Crippen LogP contribution in [0.5, 0.6) is 5.75 Å². The van der Waals surface area contributed by atoms with Gasteiger partial charge in [-0.3, -0.25) is 4.90 Å². The predicted octanol–water partition coefficient (Wildman–Crippen LogP) is 4.86. The van der Waals surface area contributed by atoms with Crippen LogP contribution in [-0.2, 0) is 11.3 Å². The third-order valence-electron chi connectivity index (χ3n) is 3.19. The van der Waals surface area contributed by atoms with Crippen LogP contribution >= 0.6 is 15.9 Å². The fourth-order valence-electron chi connectivity index (χ4n) is 2.15. The van der Waals surface area contributed by atoms with E-state index in [-0.39, 0.29) is 23.2 Å². The van der Waals surface area contributed by atoms with Crippen molar-refractivity contribution in [3.05, 3.63) is 29.8 Å². The van der Waals surface area contributed by atoms with Crippen molar-refractivity contribution < 1.29 is 27.4 Å². The molecule has 0 aromatic heterocycles. The lowest BCUT2D eigenvalue weighted by molar-refractivity contribution is -0.274. The molecule has 1 aliphatic rings. The lowest BCUT2D eigenvalue weighted by Gasteiger charge is -2.27. The van der Waals surface area contributed by atoms with E-state index < -0.39 is 18.1 Å². The highest BCUT2D eigenvalue weighted by molar-refractivity contribution is 9.09. The van der Waals surface area contributed by atoms with Crippen LogP contribution in [0.25, 0.3) is 0 Å². The van der Waals surface area contributed by atoms with Gasteiger partial charge in [-0.05, 0) is 44.9 Å². The van der Waals surface area contributed by atoms with Crippen molar-refractivity contribution in [2.75, 3.05) is 0 Å². The number of halogens is 4. The Labute approximate surface area is 147 Å². The first kappa shape index (κ1) is 18.9. The SMILES string of the molecule is CC(C)(C)OC(=O)N(Cc1cccc(OC(F)(F)F)c1)C1CC1Br. The summed E-state index contributed by atoms with van der Waals surface area (Å²) in [6.07, 6.45) is -4.46. The van der Waals surface area contributed by atoms with E-state index in [0.717, 1.165) is 6.42 Å². The molecule has 2 unspecified atom stereocenters. The number of nitrogens with zero attached hydrogens (tertiary/aromatic N) is 1. The maximum absolute atomic E-state index is 12.4. The number of carbonyl (C=O) groups excluding carboxylic acids is 1. The Kier molecular flexibility index (Phi) is 5.37. The number of amides is 1. The minimum atomic E-state index is -4.75. The number of hydrogen-bond acceptors (Lipinski definition) is 3. The maximum atomic E-state index is 12.4. The summed E-state index contributed by atoms with van der Waals surface area (Å²) < 4.78 is 46.3. The van der Waals surface area contributed by atoms with Crippen LogP contribution in [-0.4, -0.2) is 33.8 Å². The van der Waals surface area contributed by atoms with Crippen molar-refractivity contribution in [2.24, 2.45) is 0 Å². The molecule has 1 aromatic rings. The van der Waals surface area contributed by atoms with Crippen LogP contribution in [0.4, 0.5) is 18.0 Å². The maximum Gasteiger partial charge on any atom is 0.573 e. The largest absolute Gasteiger partial charge is 0.573 e. The van der Waals surface area contributed by atoms with Crippen molar-refractivity contribution in [3.8, 4) is 5.75 Å². The zero-order chi connectivity index (χ0) is 18.1. The Morgan fingerprint density at radius 2 is 1.96 bits per heavy atom. The van der Waals surface area contributed by atoms with Crippen molar-refractivity contribution in [1.29, 1.82) is 0 Å². The van der Waals surface area contributed by atoms with Gasteiger partial charge < -0.3 is 9.47 Å². The summed E-state index contributed by atoms with van der Waals surface area (Å²) in [7, 11) is 0. The minimum absolute atomic E-state index is 0.0351. The molecule has 0 radical (unpaired) electrons. The van der Waals surface area contributed by atoms with E-state index in [1.165, 1.54) is 23.1 Å². The Morgan fingerprint density at radius 3 is 2.46 bits per heavy atom. The molecular weight excluding hydrogens is 391 g/mol. The molecule has 2 atom stereocenters. The summed E-state index contributed by atoms with van der Waals surface area (Å²) >= 11 is 3.44. The second kappa shape index (κ2) is 6.82. The lowest BCUT2D eigenvalue weighted by atomic mass is 10.2. The van der Waals surface area contributed by atoms with E-state index >= 15 is 0 Å². The van der Waals surface area contributed by atoms with Crippen LogP contribution in [0, 0.1) is 0 Å². The van der Waals surface area contributed by atoms with E-state index in [0.29, 0.717) is 5.56 Å². The molecule has 1 amide bonds. The first-order valence-electron chi connectivity index (χ1n) is 7.43. The Hall–Kier alpha value is -1.44. The molecule has 24 heavy (non-hydrogen) atoms. The van der Waals surface area contributed by atoms with E-state index in [1.807, 2.05) is 0 Å². The van der Waals surface area contributed by atoms with E-state index in [1.54, 1.807) is 26.8 Å². The number of benzene rings is 1. The van der Waals surface area contributed by atoms with Crippen LogP contribution in [0.3, 0.4) is 0 Å². The molecule has 134 valence electrons. The fourth-order valence-corrected chi connectivity index (χ4v) is 2.82. The summed E-state index contributed by atoms with van der Waals surface area (Å²) in [5.74, 6) is -0.310. The predicted molar refractivity (Wildman–Crippen MR) is 86.0 cm³/mol. The van der Waals surface area contributed by atoms with Gasteiger partial charge in [0.15, 0.2) is 0 Å². The third-order valence-corrected chi connectivity index (χ3v) is 4.18. The van der Waals surface area contributed by atoms with Crippen molar-refractivity contribution in [1.82, 2.24) is 4.90 Å². The van der Waals surface area contributed by atoms with Crippen LogP contribution in [0.2, 0.25) is 0 Å². The molecule has 1 fully saturated rings. The van der Waals surface area contributed by atoms with E-state index in [9.17, 15) is 18.0 Å². The molecule has 0 N–H and O–H groups in total. The molecule has 0 spiro atoms. The Morgan fingerprint density at radius 1 is 1.33 bits per heavy atom. The van der Waals surface area contributed by atoms with Gasteiger partial charge in [0.1, 0.15) is 11.4 Å².